The molecule has 4 aromatic rings. The van der Waals surface area contributed by atoms with Crippen LogP contribution in [0.3, 0.4) is 0 Å². The summed E-state index contributed by atoms with van der Waals surface area (Å²) < 4.78 is 0. The Morgan fingerprint density at radius 2 is 1.60 bits per heavy atom. The number of nitro groups is 1. The van der Waals surface area contributed by atoms with E-state index in [0.717, 1.165) is 53.8 Å². The summed E-state index contributed by atoms with van der Waals surface area (Å²) in [4.78, 5) is 24.2. The highest BCUT2D eigenvalue weighted by Gasteiger charge is 2.22. The Morgan fingerprint density at radius 1 is 0.867 bits per heavy atom. The highest BCUT2D eigenvalue weighted by Crippen LogP contribution is 2.34. The molecule has 30 heavy (non-hydrogen) atoms. The molecule has 0 bridgehead atoms. The molecular weight excluding hydrogens is 402 g/mol. The third kappa shape index (κ3) is 3.17. The number of aromatic nitrogens is 2. The van der Waals surface area contributed by atoms with Gasteiger partial charge in [-0.1, -0.05) is 11.6 Å². The van der Waals surface area contributed by atoms with E-state index in [2.05, 4.69) is 19.8 Å². The van der Waals surface area contributed by atoms with E-state index < -0.39 is 0 Å². The topological polar surface area (TPSA) is 75.4 Å². The fourth-order valence-electron chi connectivity index (χ4n) is 4.16. The van der Waals surface area contributed by atoms with Crippen molar-refractivity contribution in [2.45, 2.75) is 0 Å². The van der Waals surface area contributed by atoms with Crippen molar-refractivity contribution in [3.05, 3.63) is 76.2 Å². The molecule has 8 heteroatoms. The molecule has 2 aromatic heterocycles. The lowest BCUT2D eigenvalue weighted by Gasteiger charge is -2.38. The van der Waals surface area contributed by atoms with Crippen molar-refractivity contribution in [1.82, 2.24) is 9.97 Å². The molecule has 0 spiro atoms. The Kier molecular flexibility index (Phi) is 4.59. The van der Waals surface area contributed by atoms with Crippen molar-refractivity contribution in [2.24, 2.45) is 0 Å². The van der Waals surface area contributed by atoms with E-state index in [-0.39, 0.29) is 10.6 Å². The molecule has 5 rings (SSSR count). The smallest absolute Gasteiger partial charge is 0.278 e. The molecule has 0 amide bonds. The van der Waals surface area contributed by atoms with Gasteiger partial charge in [0.2, 0.25) is 0 Å². The van der Waals surface area contributed by atoms with Gasteiger partial charge in [-0.2, -0.15) is 0 Å². The summed E-state index contributed by atoms with van der Waals surface area (Å²) in [6.45, 7) is 3.30. The number of halogens is 1. The van der Waals surface area contributed by atoms with E-state index in [4.69, 9.17) is 11.6 Å². The van der Waals surface area contributed by atoms with E-state index >= 15 is 0 Å². The third-order valence-corrected chi connectivity index (χ3v) is 5.85. The molecule has 1 aliphatic heterocycles. The van der Waals surface area contributed by atoms with Crippen molar-refractivity contribution in [3.8, 4) is 0 Å². The SMILES string of the molecule is O=[N+]([O-])c1ccc(N2CCN(c3ccnc4cc(Cl)ccc34)CC2)c2ccncc12. The second-order valence-electron chi connectivity index (χ2n) is 7.25. The zero-order valence-corrected chi connectivity index (χ0v) is 16.8. The van der Waals surface area contributed by atoms with Crippen molar-refractivity contribution < 1.29 is 4.92 Å². The first-order chi connectivity index (χ1) is 14.6. The summed E-state index contributed by atoms with van der Waals surface area (Å²) in [6, 6.07) is 13.1. The lowest BCUT2D eigenvalue weighted by atomic mass is 10.1. The van der Waals surface area contributed by atoms with Gasteiger partial charge >= 0.3 is 0 Å². The average Bonchev–Trinajstić information content (AvgIpc) is 2.78. The highest BCUT2D eigenvalue weighted by molar-refractivity contribution is 6.31. The van der Waals surface area contributed by atoms with Gasteiger partial charge in [-0.05, 0) is 36.4 Å². The van der Waals surface area contributed by atoms with Crippen LogP contribution in [-0.2, 0) is 0 Å². The van der Waals surface area contributed by atoms with Crippen LogP contribution in [-0.4, -0.2) is 41.1 Å². The molecule has 2 aromatic carbocycles. The maximum Gasteiger partial charge on any atom is 0.278 e. The fourth-order valence-corrected chi connectivity index (χ4v) is 4.33. The summed E-state index contributed by atoms with van der Waals surface area (Å²) in [5, 5.41) is 14.6. The van der Waals surface area contributed by atoms with Crippen LogP contribution in [0.1, 0.15) is 0 Å². The van der Waals surface area contributed by atoms with E-state index in [0.29, 0.717) is 10.4 Å². The summed E-state index contributed by atoms with van der Waals surface area (Å²) in [7, 11) is 0. The lowest BCUT2D eigenvalue weighted by molar-refractivity contribution is -0.383. The van der Waals surface area contributed by atoms with Gasteiger partial charge < -0.3 is 9.80 Å². The number of non-ortho nitro benzene ring substituents is 1. The Bertz CT molecular complexity index is 1270. The summed E-state index contributed by atoms with van der Waals surface area (Å²) >= 11 is 6.12. The van der Waals surface area contributed by atoms with Gasteiger partial charge in [-0.3, -0.25) is 20.1 Å². The molecule has 0 aliphatic carbocycles. The Hall–Kier alpha value is -3.45. The second-order valence-corrected chi connectivity index (χ2v) is 7.68. The molecule has 0 radical (unpaired) electrons. The van der Waals surface area contributed by atoms with Crippen LogP contribution in [0.5, 0.6) is 0 Å². The van der Waals surface area contributed by atoms with E-state index in [1.54, 1.807) is 18.5 Å². The van der Waals surface area contributed by atoms with Gasteiger partial charge in [-0.15, -0.1) is 0 Å². The first kappa shape index (κ1) is 18.6. The average molecular weight is 420 g/mol. The molecule has 1 fully saturated rings. The first-order valence-corrected chi connectivity index (χ1v) is 10.0. The Labute approximate surface area is 177 Å². The van der Waals surface area contributed by atoms with Gasteiger partial charge in [0, 0.05) is 78.0 Å². The van der Waals surface area contributed by atoms with Crippen molar-refractivity contribution in [2.75, 3.05) is 36.0 Å². The largest absolute Gasteiger partial charge is 0.367 e. The molecule has 0 unspecified atom stereocenters. The number of hydrogen-bond acceptors (Lipinski definition) is 6. The monoisotopic (exact) mass is 419 g/mol. The summed E-state index contributed by atoms with van der Waals surface area (Å²) in [5.74, 6) is 0. The minimum Gasteiger partial charge on any atom is -0.367 e. The fraction of sp³-hybridized carbons (Fsp3) is 0.182. The number of rotatable bonds is 3. The van der Waals surface area contributed by atoms with Crippen LogP contribution >= 0.6 is 11.6 Å². The maximum atomic E-state index is 11.4. The minimum absolute atomic E-state index is 0.0856. The van der Waals surface area contributed by atoms with Crippen molar-refractivity contribution >= 4 is 50.3 Å². The number of fused-ring (bicyclic) bond motifs is 2. The summed E-state index contributed by atoms with van der Waals surface area (Å²) in [5.41, 5.74) is 3.12. The van der Waals surface area contributed by atoms with Crippen molar-refractivity contribution in [3.63, 3.8) is 0 Å². The van der Waals surface area contributed by atoms with Crippen LogP contribution in [0.15, 0.2) is 61.1 Å². The predicted octanol–water partition coefficient (Wildman–Crippen LogP) is 4.67. The van der Waals surface area contributed by atoms with E-state index in [1.807, 2.05) is 42.6 Å². The zero-order chi connectivity index (χ0) is 20.7. The van der Waals surface area contributed by atoms with Crippen LogP contribution in [0.25, 0.3) is 21.7 Å². The zero-order valence-electron chi connectivity index (χ0n) is 16.0. The molecule has 1 saturated heterocycles. The number of piperazine rings is 1. The van der Waals surface area contributed by atoms with Crippen molar-refractivity contribution in [1.29, 1.82) is 0 Å². The van der Waals surface area contributed by atoms with Gasteiger partial charge in [0.15, 0.2) is 0 Å². The number of hydrogen-bond donors (Lipinski definition) is 0. The Morgan fingerprint density at radius 3 is 2.33 bits per heavy atom. The van der Waals surface area contributed by atoms with E-state index in [9.17, 15) is 10.1 Å². The molecular formula is C22H18ClN5O2. The molecule has 0 atom stereocenters. The number of nitro benzene ring substituents is 1. The highest BCUT2D eigenvalue weighted by atomic mass is 35.5. The summed E-state index contributed by atoms with van der Waals surface area (Å²) in [6.07, 6.45) is 5.07. The Balaban J connectivity index is 1.44. The van der Waals surface area contributed by atoms with Gasteiger partial charge in [0.05, 0.1) is 15.8 Å². The number of nitrogens with zero attached hydrogens (tertiary/aromatic N) is 5. The molecule has 3 heterocycles. The second kappa shape index (κ2) is 7.42. The number of benzene rings is 2. The molecule has 150 valence electrons. The van der Waals surface area contributed by atoms with Gasteiger partial charge in [0.25, 0.3) is 5.69 Å². The van der Waals surface area contributed by atoms with Gasteiger partial charge in [0.1, 0.15) is 0 Å². The lowest BCUT2D eigenvalue weighted by Crippen LogP contribution is -2.46. The number of anilines is 2. The van der Waals surface area contributed by atoms with Crippen LogP contribution in [0.4, 0.5) is 17.1 Å². The molecule has 1 aliphatic rings. The quantitative estimate of drug-likeness (QED) is 0.355. The van der Waals surface area contributed by atoms with Crippen LogP contribution in [0, 0.1) is 10.1 Å². The normalized spacial score (nSPS) is 14.4. The first-order valence-electron chi connectivity index (χ1n) is 9.67. The molecule has 0 N–H and O–H groups in total. The van der Waals surface area contributed by atoms with Crippen LogP contribution in [0.2, 0.25) is 5.02 Å². The maximum absolute atomic E-state index is 11.4. The molecule has 0 saturated carbocycles. The third-order valence-electron chi connectivity index (χ3n) is 5.61. The van der Waals surface area contributed by atoms with E-state index in [1.165, 1.54) is 0 Å². The standard InChI is InChI=1S/C22H18ClN5O2/c23-15-1-2-17-19(13-15)25-8-6-21(17)27-11-9-26(10-12-27)20-3-4-22(28(29)30)18-14-24-7-5-16(18)20/h1-8,13-14H,9-12H2. The molecule has 7 nitrogen and oxygen atoms in total. The van der Waals surface area contributed by atoms with Crippen LogP contribution < -0.4 is 9.80 Å². The minimum atomic E-state index is -0.355. The van der Waals surface area contributed by atoms with Gasteiger partial charge in [-0.25, -0.2) is 0 Å². The number of pyridine rings is 2. The predicted molar refractivity (Wildman–Crippen MR) is 120 cm³/mol.